The molecule has 2 atom stereocenters. The van der Waals surface area contributed by atoms with Crippen LogP contribution in [0.2, 0.25) is 0 Å². The number of likely N-dealkylation sites (tertiary alicyclic amines) is 1. The van der Waals surface area contributed by atoms with Gasteiger partial charge in [0.05, 0.1) is 0 Å². The Morgan fingerprint density at radius 1 is 1.47 bits per heavy atom. The normalized spacial score (nSPS) is 25.9. The molecular weight excluding hydrogens is 214 g/mol. The third kappa shape index (κ3) is 4.64. The van der Waals surface area contributed by atoms with Gasteiger partial charge in [-0.05, 0) is 38.9 Å². The fourth-order valence-electron chi connectivity index (χ4n) is 2.54. The first-order valence-electron chi connectivity index (χ1n) is 6.64. The van der Waals surface area contributed by atoms with Gasteiger partial charge in [-0.15, -0.1) is 0 Å². The van der Waals surface area contributed by atoms with E-state index in [4.69, 9.17) is 0 Å². The van der Waals surface area contributed by atoms with Crippen LogP contribution >= 0.6 is 0 Å². The molecule has 0 aliphatic carbocycles. The van der Waals surface area contributed by atoms with Gasteiger partial charge < -0.3 is 15.1 Å². The highest BCUT2D eigenvalue weighted by Crippen LogP contribution is 2.16. The number of nitrogens with zero attached hydrogens (tertiary/aromatic N) is 2. The summed E-state index contributed by atoms with van der Waals surface area (Å²) in [6, 6.07) is 0.662. The van der Waals surface area contributed by atoms with Crippen molar-refractivity contribution in [2.75, 3.05) is 40.8 Å². The van der Waals surface area contributed by atoms with E-state index in [1.807, 2.05) is 21.1 Å². The highest BCUT2D eigenvalue weighted by Gasteiger charge is 2.24. The molecule has 100 valence electrons. The van der Waals surface area contributed by atoms with Crippen LogP contribution < -0.4 is 5.32 Å². The monoisotopic (exact) mass is 241 g/mol. The Labute approximate surface area is 105 Å². The summed E-state index contributed by atoms with van der Waals surface area (Å²) in [6.07, 6.45) is 2.88. The molecule has 1 rings (SSSR count). The SMILES string of the molecule is CNC1CCN(CCCC(=O)N(C)C)CC1C. The van der Waals surface area contributed by atoms with Gasteiger partial charge in [-0.1, -0.05) is 6.92 Å². The van der Waals surface area contributed by atoms with E-state index >= 15 is 0 Å². The van der Waals surface area contributed by atoms with Crippen LogP contribution in [0.25, 0.3) is 0 Å². The van der Waals surface area contributed by atoms with Crippen molar-refractivity contribution in [2.45, 2.75) is 32.2 Å². The molecule has 1 heterocycles. The molecule has 1 aliphatic rings. The van der Waals surface area contributed by atoms with Gasteiger partial charge >= 0.3 is 0 Å². The zero-order valence-corrected chi connectivity index (χ0v) is 11.7. The Balaban J connectivity index is 2.19. The molecule has 0 spiro atoms. The molecule has 4 nitrogen and oxygen atoms in total. The van der Waals surface area contributed by atoms with E-state index < -0.39 is 0 Å². The number of nitrogens with one attached hydrogen (secondary N) is 1. The largest absolute Gasteiger partial charge is 0.349 e. The van der Waals surface area contributed by atoms with Crippen molar-refractivity contribution in [3.8, 4) is 0 Å². The van der Waals surface area contributed by atoms with Crippen LogP contribution in [0.1, 0.15) is 26.2 Å². The predicted molar refractivity (Wildman–Crippen MR) is 71.0 cm³/mol. The van der Waals surface area contributed by atoms with Crippen molar-refractivity contribution in [2.24, 2.45) is 5.92 Å². The molecule has 0 radical (unpaired) electrons. The summed E-state index contributed by atoms with van der Waals surface area (Å²) in [6.45, 7) is 5.67. The molecule has 17 heavy (non-hydrogen) atoms. The lowest BCUT2D eigenvalue weighted by Gasteiger charge is -2.36. The fraction of sp³-hybridized carbons (Fsp3) is 0.923. The molecule has 1 aliphatic heterocycles. The summed E-state index contributed by atoms with van der Waals surface area (Å²) < 4.78 is 0. The highest BCUT2D eigenvalue weighted by atomic mass is 16.2. The van der Waals surface area contributed by atoms with Crippen LogP contribution in [0.15, 0.2) is 0 Å². The summed E-state index contributed by atoms with van der Waals surface area (Å²) >= 11 is 0. The molecule has 0 saturated carbocycles. The number of hydrogen-bond donors (Lipinski definition) is 1. The Bertz CT molecular complexity index is 243. The van der Waals surface area contributed by atoms with Crippen molar-refractivity contribution in [1.29, 1.82) is 0 Å². The number of carbonyl (C=O) groups excluding carboxylic acids is 1. The summed E-state index contributed by atoms with van der Waals surface area (Å²) in [5, 5.41) is 3.38. The topological polar surface area (TPSA) is 35.6 Å². The van der Waals surface area contributed by atoms with Gasteiger partial charge in [0.15, 0.2) is 0 Å². The van der Waals surface area contributed by atoms with Gasteiger partial charge in [-0.25, -0.2) is 0 Å². The van der Waals surface area contributed by atoms with E-state index in [1.54, 1.807) is 4.90 Å². The zero-order valence-electron chi connectivity index (χ0n) is 11.7. The molecule has 0 aromatic heterocycles. The van der Waals surface area contributed by atoms with Crippen molar-refractivity contribution in [3.63, 3.8) is 0 Å². The third-order valence-corrected chi connectivity index (χ3v) is 3.72. The van der Waals surface area contributed by atoms with Crippen LogP contribution in [-0.2, 0) is 4.79 Å². The van der Waals surface area contributed by atoms with Gasteiger partial charge in [0.1, 0.15) is 0 Å². The van der Waals surface area contributed by atoms with Crippen LogP contribution in [0.5, 0.6) is 0 Å². The molecule has 0 aromatic rings. The van der Waals surface area contributed by atoms with Crippen molar-refractivity contribution in [1.82, 2.24) is 15.1 Å². The first-order chi connectivity index (χ1) is 8.04. The molecule has 0 aromatic carbocycles. The van der Waals surface area contributed by atoms with E-state index in [0.29, 0.717) is 18.4 Å². The first kappa shape index (κ1) is 14.5. The number of piperidine rings is 1. The third-order valence-electron chi connectivity index (χ3n) is 3.72. The van der Waals surface area contributed by atoms with Crippen LogP contribution in [0, 0.1) is 5.92 Å². The number of carbonyl (C=O) groups is 1. The van der Waals surface area contributed by atoms with E-state index in [2.05, 4.69) is 17.1 Å². The van der Waals surface area contributed by atoms with Crippen molar-refractivity contribution in [3.05, 3.63) is 0 Å². The first-order valence-corrected chi connectivity index (χ1v) is 6.64. The van der Waals surface area contributed by atoms with Crippen LogP contribution in [-0.4, -0.2) is 62.5 Å². The molecule has 1 amide bonds. The minimum absolute atomic E-state index is 0.239. The van der Waals surface area contributed by atoms with E-state index in [9.17, 15) is 4.79 Å². The molecule has 1 fully saturated rings. The molecule has 4 heteroatoms. The van der Waals surface area contributed by atoms with Gasteiger partial charge in [0, 0.05) is 33.1 Å². The van der Waals surface area contributed by atoms with Gasteiger partial charge in [-0.2, -0.15) is 0 Å². The van der Waals surface area contributed by atoms with Gasteiger partial charge in [0.25, 0.3) is 0 Å². The summed E-state index contributed by atoms with van der Waals surface area (Å²) in [5.41, 5.74) is 0. The molecule has 2 unspecified atom stereocenters. The second-order valence-corrected chi connectivity index (χ2v) is 5.35. The number of rotatable bonds is 5. The summed E-state index contributed by atoms with van der Waals surface area (Å²) in [7, 11) is 5.69. The maximum atomic E-state index is 11.4. The predicted octanol–water partition coefficient (Wildman–Crippen LogP) is 0.785. The standard InChI is InChI=1S/C13H27N3O/c1-11-10-16(9-7-12(11)14-2)8-5-6-13(17)15(3)4/h11-12,14H,5-10H2,1-4H3. The van der Waals surface area contributed by atoms with Crippen LogP contribution in [0.3, 0.4) is 0 Å². The zero-order chi connectivity index (χ0) is 12.8. The average Bonchev–Trinajstić information content (AvgIpc) is 2.29. The summed E-state index contributed by atoms with van der Waals surface area (Å²) in [5.74, 6) is 0.946. The Kier molecular flexibility index (Phi) is 5.92. The second-order valence-electron chi connectivity index (χ2n) is 5.35. The maximum absolute atomic E-state index is 11.4. The highest BCUT2D eigenvalue weighted by molar-refractivity contribution is 5.75. The van der Waals surface area contributed by atoms with E-state index in [1.165, 1.54) is 6.42 Å². The molecule has 1 N–H and O–H groups in total. The number of amides is 1. The van der Waals surface area contributed by atoms with Gasteiger partial charge in [0.2, 0.25) is 5.91 Å². The Hall–Kier alpha value is -0.610. The Morgan fingerprint density at radius 3 is 2.71 bits per heavy atom. The lowest BCUT2D eigenvalue weighted by atomic mass is 9.94. The van der Waals surface area contributed by atoms with Crippen LogP contribution in [0.4, 0.5) is 0 Å². The fourth-order valence-corrected chi connectivity index (χ4v) is 2.54. The molecule has 0 bridgehead atoms. The lowest BCUT2D eigenvalue weighted by Crippen LogP contribution is -2.47. The summed E-state index contributed by atoms with van der Waals surface area (Å²) in [4.78, 5) is 15.6. The average molecular weight is 241 g/mol. The molecule has 1 saturated heterocycles. The number of hydrogen-bond acceptors (Lipinski definition) is 3. The quantitative estimate of drug-likeness (QED) is 0.773. The smallest absolute Gasteiger partial charge is 0.222 e. The molecular formula is C13H27N3O. The van der Waals surface area contributed by atoms with E-state index in [-0.39, 0.29) is 5.91 Å². The maximum Gasteiger partial charge on any atom is 0.222 e. The van der Waals surface area contributed by atoms with Gasteiger partial charge in [-0.3, -0.25) is 4.79 Å². The second kappa shape index (κ2) is 6.97. The van der Waals surface area contributed by atoms with E-state index in [0.717, 1.165) is 26.1 Å². The van der Waals surface area contributed by atoms with Crippen molar-refractivity contribution >= 4 is 5.91 Å². The van der Waals surface area contributed by atoms with Crippen molar-refractivity contribution < 1.29 is 4.79 Å². The minimum atomic E-state index is 0.239. The minimum Gasteiger partial charge on any atom is -0.349 e. The Morgan fingerprint density at radius 2 is 2.18 bits per heavy atom. The lowest BCUT2D eigenvalue weighted by molar-refractivity contribution is -0.128.